The smallest absolute Gasteiger partial charge is 0.143 e. The van der Waals surface area contributed by atoms with E-state index in [4.69, 9.17) is 10.5 Å². The topological polar surface area (TPSA) is 47.3 Å². The first-order chi connectivity index (χ1) is 9.28. The van der Waals surface area contributed by atoms with Gasteiger partial charge in [0.2, 0.25) is 0 Å². The molecule has 2 aromatic rings. The highest BCUT2D eigenvalue weighted by molar-refractivity contribution is 5.77. The van der Waals surface area contributed by atoms with Crippen LogP contribution >= 0.6 is 0 Å². The Bertz CT molecular complexity index is 608. The van der Waals surface area contributed by atoms with Gasteiger partial charge in [-0.3, -0.25) is 0 Å². The molecule has 0 unspecified atom stereocenters. The van der Waals surface area contributed by atoms with Crippen molar-refractivity contribution < 1.29 is 4.74 Å². The predicted octanol–water partition coefficient (Wildman–Crippen LogP) is 3.51. The van der Waals surface area contributed by atoms with E-state index in [1.165, 1.54) is 30.4 Å². The molecule has 1 aliphatic rings. The fraction of sp³-hybridized carbons (Fsp3) is 0.250. The molecule has 2 aromatic carbocycles. The van der Waals surface area contributed by atoms with Gasteiger partial charge in [0, 0.05) is 5.69 Å². The van der Waals surface area contributed by atoms with Gasteiger partial charge in [0.15, 0.2) is 0 Å². The Morgan fingerprint density at radius 2 is 1.95 bits per heavy atom. The Balaban J connectivity index is 1.89. The van der Waals surface area contributed by atoms with Crippen molar-refractivity contribution in [2.45, 2.75) is 19.3 Å². The maximum Gasteiger partial charge on any atom is 0.143 e. The van der Waals surface area contributed by atoms with Crippen LogP contribution in [0.1, 0.15) is 17.5 Å². The van der Waals surface area contributed by atoms with Gasteiger partial charge >= 0.3 is 0 Å². The van der Waals surface area contributed by atoms with Gasteiger partial charge in [-0.1, -0.05) is 12.1 Å². The van der Waals surface area contributed by atoms with Crippen LogP contribution in [0.15, 0.2) is 36.4 Å². The SMILES string of the molecule is COc1cccc(Nc2ccc3c(c2)CCC3)c1N. The van der Waals surface area contributed by atoms with Gasteiger partial charge in [-0.25, -0.2) is 0 Å². The Kier molecular flexibility index (Phi) is 3.03. The molecule has 0 aliphatic heterocycles. The van der Waals surface area contributed by atoms with Crippen molar-refractivity contribution in [1.29, 1.82) is 0 Å². The number of hydrogen-bond acceptors (Lipinski definition) is 3. The number of ether oxygens (including phenoxy) is 1. The summed E-state index contributed by atoms with van der Waals surface area (Å²) in [6.07, 6.45) is 3.65. The maximum atomic E-state index is 6.07. The number of rotatable bonds is 3. The molecule has 3 heteroatoms. The van der Waals surface area contributed by atoms with E-state index < -0.39 is 0 Å². The monoisotopic (exact) mass is 254 g/mol. The zero-order valence-electron chi connectivity index (χ0n) is 11.1. The molecule has 0 amide bonds. The van der Waals surface area contributed by atoms with E-state index in [0.717, 1.165) is 11.4 Å². The van der Waals surface area contributed by atoms with Crippen LogP contribution in [0.3, 0.4) is 0 Å². The second kappa shape index (κ2) is 4.84. The van der Waals surface area contributed by atoms with Crippen molar-refractivity contribution in [2.24, 2.45) is 0 Å². The summed E-state index contributed by atoms with van der Waals surface area (Å²) in [5.41, 5.74) is 11.6. The number of nitrogen functional groups attached to an aromatic ring is 1. The first-order valence-corrected chi connectivity index (χ1v) is 6.59. The zero-order chi connectivity index (χ0) is 13.2. The minimum Gasteiger partial charge on any atom is -0.495 e. The molecule has 3 N–H and O–H groups in total. The van der Waals surface area contributed by atoms with E-state index in [0.29, 0.717) is 11.4 Å². The first-order valence-electron chi connectivity index (χ1n) is 6.59. The molecule has 0 bridgehead atoms. The van der Waals surface area contributed by atoms with Crippen molar-refractivity contribution in [2.75, 3.05) is 18.2 Å². The Morgan fingerprint density at radius 3 is 2.79 bits per heavy atom. The van der Waals surface area contributed by atoms with Crippen molar-refractivity contribution in [3.63, 3.8) is 0 Å². The van der Waals surface area contributed by atoms with Crippen molar-refractivity contribution >= 4 is 17.1 Å². The number of aryl methyl sites for hydroxylation is 2. The number of para-hydroxylation sites is 1. The van der Waals surface area contributed by atoms with Crippen LogP contribution in [0.25, 0.3) is 0 Å². The fourth-order valence-electron chi connectivity index (χ4n) is 2.64. The molecule has 98 valence electrons. The lowest BCUT2D eigenvalue weighted by Gasteiger charge is -2.13. The van der Waals surface area contributed by atoms with Gasteiger partial charge in [0.1, 0.15) is 5.75 Å². The summed E-state index contributed by atoms with van der Waals surface area (Å²) < 4.78 is 5.23. The standard InChI is InChI=1S/C16H18N2O/c1-19-15-7-3-6-14(16(15)17)18-13-9-8-11-4-2-5-12(11)10-13/h3,6-10,18H,2,4-5,17H2,1H3. The van der Waals surface area contributed by atoms with E-state index in [1.54, 1.807) is 7.11 Å². The summed E-state index contributed by atoms with van der Waals surface area (Å²) >= 11 is 0. The minimum absolute atomic E-state index is 0.644. The summed E-state index contributed by atoms with van der Waals surface area (Å²) in [5, 5.41) is 3.37. The average Bonchev–Trinajstić information content (AvgIpc) is 2.88. The molecule has 0 fully saturated rings. The van der Waals surface area contributed by atoms with Crippen LogP contribution < -0.4 is 15.8 Å². The Morgan fingerprint density at radius 1 is 1.11 bits per heavy atom. The lowest BCUT2D eigenvalue weighted by Crippen LogP contribution is -1.99. The lowest BCUT2D eigenvalue weighted by atomic mass is 10.1. The largest absolute Gasteiger partial charge is 0.495 e. The predicted molar refractivity (Wildman–Crippen MR) is 79.2 cm³/mol. The van der Waals surface area contributed by atoms with E-state index in [-0.39, 0.29) is 0 Å². The number of benzene rings is 2. The zero-order valence-corrected chi connectivity index (χ0v) is 11.1. The second-order valence-electron chi connectivity index (χ2n) is 4.88. The van der Waals surface area contributed by atoms with E-state index >= 15 is 0 Å². The van der Waals surface area contributed by atoms with Gasteiger partial charge in [0.05, 0.1) is 18.5 Å². The van der Waals surface area contributed by atoms with Gasteiger partial charge < -0.3 is 15.8 Å². The second-order valence-corrected chi connectivity index (χ2v) is 4.88. The number of nitrogens with one attached hydrogen (secondary N) is 1. The van der Waals surface area contributed by atoms with Crippen LogP contribution in [-0.4, -0.2) is 7.11 Å². The first kappa shape index (κ1) is 11.9. The van der Waals surface area contributed by atoms with Gasteiger partial charge in [-0.05, 0) is 54.7 Å². The van der Waals surface area contributed by atoms with E-state index in [1.807, 2.05) is 18.2 Å². The van der Waals surface area contributed by atoms with Gasteiger partial charge in [-0.15, -0.1) is 0 Å². The number of hydrogen-bond donors (Lipinski definition) is 2. The van der Waals surface area contributed by atoms with Crippen molar-refractivity contribution in [1.82, 2.24) is 0 Å². The normalized spacial score (nSPS) is 13.1. The van der Waals surface area contributed by atoms with Crippen LogP contribution in [0.2, 0.25) is 0 Å². The third-order valence-electron chi connectivity index (χ3n) is 3.66. The molecule has 0 atom stereocenters. The molecule has 3 rings (SSSR count). The van der Waals surface area contributed by atoms with E-state index in [9.17, 15) is 0 Å². The molecule has 0 spiro atoms. The molecular formula is C16H18N2O. The summed E-state index contributed by atoms with van der Waals surface area (Å²) in [7, 11) is 1.63. The van der Waals surface area contributed by atoms with Crippen LogP contribution in [0, 0.1) is 0 Å². The minimum atomic E-state index is 0.644. The molecule has 0 radical (unpaired) electrons. The van der Waals surface area contributed by atoms with Crippen molar-refractivity contribution in [3.05, 3.63) is 47.5 Å². The number of methoxy groups -OCH3 is 1. The molecule has 0 aromatic heterocycles. The number of fused-ring (bicyclic) bond motifs is 1. The summed E-state index contributed by atoms with van der Waals surface area (Å²) in [5.74, 6) is 0.700. The molecule has 0 heterocycles. The van der Waals surface area contributed by atoms with Crippen LogP contribution in [-0.2, 0) is 12.8 Å². The molecule has 0 saturated carbocycles. The van der Waals surface area contributed by atoms with Crippen LogP contribution in [0.5, 0.6) is 5.75 Å². The highest BCUT2D eigenvalue weighted by atomic mass is 16.5. The molecule has 1 aliphatic carbocycles. The third-order valence-corrected chi connectivity index (χ3v) is 3.66. The van der Waals surface area contributed by atoms with Gasteiger partial charge in [0.25, 0.3) is 0 Å². The van der Waals surface area contributed by atoms with E-state index in [2.05, 4.69) is 23.5 Å². The molecular weight excluding hydrogens is 236 g/mol. The maximum absolute atomic E-state index is 6.07. The van der Waals surface area contributed by atoms with Crippen LogP contribution in [0.4, 0.5) is 17.1 Å². The summed E-state index contributed by atoms with van der Waals surface area (Å²) in [4.78, 5) is 0. The quantitative estimate of drug-likeness (QED) is 0.824. The summed E-state index contributed by atoms with van der Waals surface area (Å²) in [6, 6.07) is 12.3. The number of anilines is 3. The lowest BCUT2D eigenvalue weighted by molar-refractivity contribution is 0.417. The Hall–Kier alpha value is -2.16. The van der Waals surface area contributed by atoms with Crippen molar-refractivity contribution in [3.8, 4) is 5.75 Å². The fourth-order valence-corrected chi connectivity index (χ4v) is 2.64. The molecule has 0 saturated heterocycles. The third kappa shape index (κ3) is 2.24. The van der Waals surface area contributed by atoms with Gasteiger partial charge in [-0.2, -0.15) is 0 Å². The highest BCUT2D eigenvalue weighted by Crippen LogP contribution is 2.32. The number of nitrogens with two attached hydrogens (primary N) is 1. The summed E-state index contributed by atoms with van der Waals surface area (Å²) in [6.45, 7) is 0. The highest BCUT2D eigenvalue weighted by Gasteiger charge is 2.11. The Labute approximate surface area is 113 Å². The molecule has 3 nitrogen and oxygen atoms in total. The average molecular weight is 254 g/mol. The molecule has 19 heavy (non-hydrogen) atoms.